The maximum Gasteiger partial charge on any atom is 0.354 e. The van der Waals surface area contributed by atoms with Crippen molar-refractivity contribution >= 4 is 23.2 Å². The van der Waals surface area contributed by atoms with Gasteiger partial charge in [-0.1, -0.05) is 19.1 Å². The molecule has 0 bridgehead atoms. The molecule has 2 aromatic rings. The number of pyridine rings is 1. The van der Waals surface area contributed by atoms with E-state index < -0.39 is 5.97 Å². The van der Waals surface area contributed by atoms with Gasteiger partial charge in [-0.25, -0.2) is 9.78 Å². The number of carbonyl (C=O) groups is 1. The Kier molecular flexibility index (Phi) is 3.66. The molecule has 0 radical (unpaired) electrons. The average molecular weight is 257 g/mol. The molecule has 1 aromatic heterocycles. The number of carboxylic acid groups (broad SMARTS) is 1. The van der Waals surface area contributed by atoms with Crippen LogP contribution in [0.4, 0.5) is 17.2 Å². The number of nitrogens with two attached hydrogens (primary N) is 1. The monoisotopic (exact) mass is 257 g/mol. The van der Waals surface area contributed by atoms with Crippen molar-refractivity contribution < 1.29 is 9.90 Å². The molecule has 0 aliphatic heterocycles. The lowest BCUT2D eigenvalue weighted by molar-refractivity contribution is 0.0690. The zero-order valence-electron chi connectivity index (χ0n) is 10.6. The first-order valence-corrected chi connectivity index (χ1v) is 5.96. The van der Waals surface area contributed by atoms with E-state index in [0.29, 0.717) is 11.5 Å². The molecule has 0 saturated carbocycles. The smallest absolute Gasteiger partial charge is 0.354 e. The molecule has 19 heavy (non-hydrogen) atoms. The van der Waals surface area contributed by atoms with E-state index in [4.69, 9.17) is 10.8 Å². The van der Waals surface area contributed by atoms with Crippen LogP contribution < -0.4 is 11.1 Å². The molecule has 0 unspecified atom stereocenters. The zero-order valence-corrected chi connectivity index (χ0v) is 10.6. The van der Waals surface area contributed by atoms with Gasteiger partial charge < -0.3 is 16.2 Å². The minimum atomic E-state index is -1.08. The van der Waals surface area contributed by atoms with Gasteiger partial charge in [-0.3, -0.25) is 0 Å². The van der Waals surface area contributed by atoms with E-state index >= 15 is 0 Å². The fraction of sp³-hybridized carbons (Fsp3) is 0.143. The Hall–Kier alpha value is -2.56. The predicted molar refractivity (Wildman–Crippen MR) is 74.7 cm³/mol. The normalized spacial score (nSPS) is 10.2. The predicted octanol–water partition coefficient (Wildman–Crippen LogP) is 2.67. The molecule has 1 aromatic carbocycles. The van der Waals surface area contributed by atoms with Crippen molar-refractivity contribution in [3.8, 4) is 0 Å². The number of hydrogen-bond acceptors (Lipinski definition) is 4. The SMILES string of the molecule is CCc1ccc(Nc2nc(C(=O)O)ccc2N)cc1. The van der Waals surface area contributed by atoms with Crippen LogP contribution >= 0.6 is 0 Å². The molecule has 0 aliphatic carbocycles. The van der Waals surface area contributed by atoms with E-state index in [0.717, 1.165) is 12.1 Å². The molecule has 1 heterocycles. The highest BCUT2D eigenvalue weighted by Crippen LogP contribution is 2.21. The summed E-state index contributed by atoms with van der Waals surface area (Å²) in [5, 5.41) is 11.9. The van der Waals surface area contributed by atoms with Crippen LogP contribution in [0.2, 0.25) is 0 Å². The summed E-state index contributed by atoms with van der Waals surface area (Å²) < 4.78 is 0. The van der Waals surface area contributed by atoms with E-state index in [9.17, 15) is 4.79 Å². The van der Waals surface area contributed by atoms with Crippen molar-refractivity contribution in [2.45, 2.75) is 13.3 Å². The van der Waals surface area contributed by atoms with Gasteiger partial charge in [0.2, 0.25) is 0 Å². The molecule has 5 heteroatoms. The first-order chi connectivity index (χ1) is 9.10. The second kappa shape index (κ2) is 5.39. The van der Waals surface area contributed by atoms with Crippen LogP contribution in [0.1, 0.15) is 23.0 Å². The molecule has 0 fully saturated rings. The van der Waals surface area contributed by atoms with Gasteiger partial charge in [0.25, 0.3) is 0 Å². The summed E-state index contributed by atoms with van der Waals surface area (Å²) in [7, 11) is 0. The first kappa shape index (κ1) is 12.9. The Labute approximate surface area is 111 Å². The minimum Gasteiger partial charge on any atom is -0.477 e. The van der Waals surface area contributed by atoms with Crippen molar-refractivity contribution in [3.63, 3.8) is 0 Å². The second-order valence-corrected chi connectivity index (χ2v) is 4.11. The molecule has 0 amide bonds. The number of aryl methyl sites for hydroxylation is 1. The highest BCUT2D eigenvalue weighted by molar-refractivity contribution is 5.87. The van der Waals surface area contributed by atoms with E-state index in [1.807, 2.05) is 24.3 Å². The van der Waals surface area contributed by atoms with Gasteiger partial charge in [-0.15, -0.1) is 0 Å². The summed E-state index contributed by atoms with van der Waals surface area (Å²) >= 11 is 0. The lowest BCUT2D eigenvalue weighted by Crippen LogP contribution is -2.05. The quantitative estimate of drug-likeness (QED) is 0.783. The highest BCUT2D eigenvalue weighted by Gasteiger charge is 2.08. The van der Waals surface area contributed by atoms with E-state index in [-0.39, 0.29) is 5.69 Å². The Balaban J connectivity index is 2.26. The van der Waals surface area contributed by atoms with Crippen molar-refractivity contribution in [2.24, 2.45) is 0 Å². The van der Waals surface area contributed by atoms with Crippen LogP contribution in [0.3, 0.4) is 0 Å². The largest absolute Gasteiger partial charge is 0.477 e. The standard InChI is InChI=1S/C14H15N3O2/c1-2-9-3-5-10(6-4-9)16-13-11(15)7-8-12(17-13)14(18)19/h3-8H,2,15H2,1H3,(H,16,17)(H,18,19). The van der Waals surface area contributed by atoms with Crippen LogP contribution in [0.5, 0.6) is 0 Å². The lowest BCUT2D eigenvalue weighted by atomic mass is 10.1. The Morgan fingerprint density at radius 2 is 1.95 bits per heavy atom. The Morgan fingerprint density at radius 1 is 1.26 bits per heavy atom. The van der Waals surface area contributed by atoms with E-state index in [1.165, 1.54) is 17.7 Å². The number of nitrogens with zero attached hydrogens (tertiary/aromatic N) is 1. The average Bonchev–Trinajstić information content (AvgIpc) is 2.42. The molecule has 98 valence electrons. The number of carboxylic acids is 1. The van der Waals surface area contributed by atoms with Crippen LogP contribution in [0.25, 0.3) is 0 Å². The Bertz CT molecular complexity index is 594. The maximum absolute atomic E-state index is 10.9. The topological polar surface area (TPSA) is 88.2 Å². The lowest BCUT2D eigenvalue weighted by Gasteiger charge is -2.09. The van der Waals surface area contributed by atoms with Gasteiger partial charge in [0.15, 0.2) is 11.5 Å². The van der Waals surface area contributed by atoms with Gasteiger partial charge in [0.05, 0.1) is 5.69 Å². The highest BCUT2D eigenvalue weighted by atomic mass is 16.4. The first-order valence-electron chi connectivity index (χ1n) is 5.96. The summed E-state index contributed by atoms with van der Waals surface area (Å²) in [6.45, 7) is 2.08. The molecule has 0 saturated heterocycles. The molecule has 4 N–H and O–H groups in total. The van der Waals surface area contributed by atoms with Gasteiger partial charge in [-0.05, 0) is 36.2 Å². The van der Waals surface area contributed by atoms with Crippen molar-refractivity contribution in [2.75, 3.05) is 11.1 Å². The summed E-state index contributed by atoms with van der Waals surface area (Å²) in [5.41, 5.74) is 8.19. The van der Waals surface area contributed by atoms with E-state index in [1.54, 1.807) is 0 Å². The van der Waals surface area contributed by atoms with Crippen LogP contribution in [0.15, 0.2) is 36.4 Å². The maximum atomic E-state index is 10.9. The van der Waals surface area contributed by atoms with Gasteiger partial charge >= 0.3 is 5.97 Å². The summed E-state index contributed by atoms with van der Waals surface area (Å²) in [4.78, 5) is 14.8. The number of nitrogens with one attached hydrogen (secondary N) is 1. The molecule has 5 nitrogen and oxygen atoms in total. The third kappa shape index (κ3) is 3.01. The number of benzene rings is 1. The number of aromatic nitrogens is 1. The van der Waals surface area contributed by atoms with Crippen molar-refractivity contribution in [1.82, 2.24) is 4.98 Å². The summed E-state index contributed by atoms with van der Waals surface area (Å²) in [6, 6.07) is 10.7. The second-order valence-electron chi connectivity index (χ2n) is 4.11. The minimum absolute atomic E-state index is 0.0399. The van der Waals surface area contributed by atoms with Crippen LogP contribution in [-0.4, -0.2) is 16.1 Å². The van der Waals surface area contributed by atoms with Crippen molar-refractivity contribution in [1.29, 1.82) is 0 Å². The molecule has 0 atom stereocenters. The number of nitrogen functional groups attached to an aromatic ring is 1. The van der Waals surface area contributed by atoms with Gasteiger partial charge in [-0.2, -0.15) is 0 Å². The van der Waals surface area contributed by atoms with Crippen molar-refractivity contribution in [3.05, 3.63) is 47.7 Å². The summed E-state index contributed by atoms with van der Waals surface area (Å²) in [5.74, 6) is -0.728. The number of rotatable bonds is 4. The fourth-order valence-corrected chi connectivity index (χ4v) is 1.65. The number of hydrogen-bond donors (Lipinski definition) is 3. The molecule has 0 spiro atoms. The summed E-state index contributed by atoms with van der Waals surface area (Å²) in [6.07, 6.45) is 0.967. The number of aromatic carboxylic acids is 1. The molecule has 2 rings (SSSR count). The van der Waals surface area contributed by atoms with Crippen LogP contribution in [-0.2, 0) is 6.42 Å². The zero-order chi connectivity index (χ0) is 13.8. The number of anilines is 3. The molecule has 0 aliphatic rings. The fourth-order valence-electron chi connectivity index (χ4n) is 1.65. The third-order valence-electron chi connectivity index (χ3n) is 2.77. The van der Waals surface area contributed by atoms with Gasteiger partial charge in [0.1, 0.15) is 0 Å². The Morgan fingerprint density at radius 3 is 2.53 bits per heavy atom. The molecular weight excluding hydrogens is 242 g/mol. The van der Waals surface area contributed by atoms with Gasteiger partial charge in [0, 0.05) is 5.69 Å². The third-order valence-corrected chi connectivity index (χ3v) is 2.77. The molecular formula is C14H15N3O2. The van der Waals surface area contributed by atoms with E-state index in [2.05, 4.69) is 17.2 Å². The van der Waals surface area contributed by atoms with Crippen LogP contribution in [0, 0.1) is 0 Å².